The van der Waals surface area contributed by atoms with Crippen molar-refractivity contribution in [3.05, 3.63) is 92.5 Å². The number of fused-ring (bicyclic) bond motifs is 1. The Morgan fingerprint density at radius 2 is 1.72 bits per heavy atom. The van der Waals surface area contributed by atoms with Crippen LogP contribution >= 0.6 is 0 Å². The van der Waals surface area contributed by atoms with Gasteiger partial charge in [0.1, 0.15) is 17.8 Å². The summed E-state index contributed by atoms with van der Waals surface area (Å²) in [7, 11) is 0. The number of carbonyl (C=O) groups excluding carboxylic acids is 1. The van der Waals surface area contributed by atoms with Crippen LogP contribution in [0.15, 0.2) is 59.7 Å². The lowest BCUT2D eigenvalue weighted by atomic mass is 10.2. The molecule has 0 aliphatic heterocycles. The lowest BCUT2D eigenvalue weighted by Gasteiger charge is -2.10. The number of anilines is 3. The highest BCUT2D eigenvalue weighted by atomic mass is 19.2. The molecule has 0 saturated carbocycles. The van der Waals surface area contributed by atoms with Crippen molar-refractivity contribution < 1.29 is 18.5 Å². The van der Waals surface area contributed by atoms with Gasteiger partial charge in [-0.1, -0.05) is 0 Å². The SMILES string of the molecule is O=C(Nc1ccc(Nc2ncnc3[nH]c(=O)c([N+](=O)[O-])cc23)cc1)c1ccc(F)c(F)c1. The van der Waals surface area contributed by atoms with Crippen molar-refractivity contribution in [2.75, 3.05) is 10.6 Å². The second-order valence-corrected chi connectivity index (χ2v) is 6.51. The minimum absolute atomic E-state index is 0.0471. The van der Waals surface area contributed by atoms with Gasteiger partial charge in [-0.2, -0.15) is 0 Å². The van der Waals surface area contributed by atoms with Crippen molar-refractivity contribution in [1.82, 2.24) is 15.0 Å². The minimum atomic E-state index is -1.13. The van der Waals surface area contributed by atoms with Gasteiger partial charge in [-0.15, -0.1) is 0 Å². The highest BCUT2D eigenvalue weighted by Crippen LogP contribution is 2.24. The number of benzene rings is 2. The Labute approximate surface area is 177 Å². The normalized spacial score (nSPS) is 10.7. The fraction of sp³-hybridized carbons (Fsp3) is 0. The zero-order chi connectivity index (χ0) is 22.8. The number of pyridine rings is 1. The standard InChI is InChI=1S/C20H12F2N6O4/c21-14-6-1-10(7-15(14)22)19(29)26-12-4-2-11(3-5-12)25-17-13-8-16(28(31)32)20(30)27-18(13)24-9-23-17/h1-9H,(H,26,29)(H2,23,24,25,27,30). The molecule has 10 nitrogen and oxygen atoms in total. The van der Waals surface area contributed by atoms with Crippen LogP contribution in [0.5, 0.6) is 0 Å². The fourth-order valence-electron chi connectivity index (χ4n) is 2.86. The molecule has 0 unspecified atom stereocenters. The summed E-state index contributed by atoms with van der Waals surface area (Å²) >= 11 is 0. The Morgan fingerprint density at radius 1 is 1.00 bits per heavy atom. The number of hydrogen-bond acceptors (Lipinski definition) is 7. The summed E-state index contributed by atoms with van der Waals surface area (Å²) in [4.78, 5) is 44.5. The van der Waals surface area contributed by atoms with Crippen molar-refractivity contribution in [2.24, 2.45) is 0 Å². The number of aromatic amines is 1. The third kappa shape index (κ3) is 4.09. The van der Waals surface area contributed by atoms with E-state index in [1.807, 2.05) is 0 Å². The molecule has 2 heterocycles. The molecule has 0 saturated heterocycles. The summed E-state index contributed by atoms with van der Waals surface area (Å²) in [5.74, 6) is -2.59. The predicted molar refractivity (Wildman–Crippen MR) is 111 cm³/mol. The molecule has 160 valence electrons. The second-order valence-electron chi connectivity index (χ2n) is 6.51. The number of nitrogens with one attached hydrogen (secondary N) is 3. The van der Waals surface area contributed by atoms with Crippen LogP contribution in [-0.4, -0.2) is 25.8 Å². The van der Waals surface area contributed by atoms with E-state index >= 15 is 0 Å². The number of carbonyl (C=O) groups is 1. The van der Waals surface area contributed by atoms with E-state index in [1.165, 1.54) is 6.33 Å². The van der Waals surface area contributed by atoms with Crippen molar-refractivity contribution >= 4 is 39.8 Å². The first-order valence-corrected chi connectivity index (χ1v) is 8.98. The number of H-pyrrole nitrogens is 1. The Kier molecular flexibility index (Phi) is 5.25. The molecule has 0 radical (unpaired) electrons. The first-order valence-electron chi connectivity index (χ1n) is 8.98. The molecule has 0 aliphatic rings. The Morgan fingerprint density at radius 3 is 2.41 bits per heavy atom. The third-order valence-corrected chi connectivity index (χ3v) is 4.41. The summed E-state index contributed by atoms with van der Waals surface area (Å²) in [5, 5.41) is 16.8. The van der Waals surface area contributed by atoms with Gasteiger partial charge in [-0.05, 0) is 42.5 Å². The van der Waals surface area contributed by atoms with E-state index in [0.717, 1.165) is 24.3 Å². The molecule has 12 heteroatoms. The number of amides is 1. The van der Waals surface area contributed by atoms with Gasteiger partial charge in [0.15, 0.2) is 11.6 Å². The van der Waals surface area contributed by atoms with Crippen LogP contribution in [0.1, 0.15) is 10.4 Å². The molecule has 2 aromatic heterocycles. The van der Waals surface area contributed by atoms with Gasteiger partial charge in [-0.25, -0.2) is 18.7 Å². The maximum absolute atomic E-state index is 13.3. The fourth-order valence-corrected chi connectivity index (χ4v) is 2.86. The largest absolute Gasteiger partial charge is 0.340 e. The first-order chi connectivity index (χ1) is 15.3. The lowest BCUT2D eigenvalue weighted by molar-refractivity contribution is -0.386. The van der Waals surface area contributed by atoms with Gasteiger partial charge in [0, 0.05) is 23.0 Å². The molecule has 3 N–H and O–H groups in total. The van der Waals surface area contributed by atoms with E-state index < -0.39 is 33.7 Å². The van der Waals surface area contributed by atoms with Crippen molar-refractivity contribution in [3.63, 3.8) is 0 Å². The third-order valence-electron chi connectivity index (χ3n) is 4.41. The molecule has 2 aromatic carbocycles. The van der Waals surface area contributed by atoms with E-state index in [1.54, 1.807) is 24.3 Å². The first kappa shape index (κ1) is 20.5. The average molecular weight is 438 g/mol. The maximum Gasteiger partial charge on any atom is 0.334 e. The van der Waals surface area contributed by atoms with Crippen molar-refractivity contribution in [1.29, 1.82) is 0 Å². The summed E-state index contributed by atoms with van der Waals surface area (Å²) in [6.07, 6.45) is 1.18. The maximum atomic E-state index is 13.3. The number of nitrogens with zero attached hydrogens (tertiary/aromatic N) is 3. The van der Waals surface area contributed by atoms with Crippen LogP contribution in [0.25, 0.3) is 11.0 Å². The second kappa shape index (κ2) is 8.18. The quantitative estimate of drug-likeness (QED) is 0.320. The molecule has 32 heavy (non-hydrogen) atoms. The molecular formula is C20H12F2N6O4. The number of hydrogen-bond donors (Lipinski definition) is 3. The molecule has 0 fully saturated rings. The predicted octanol–water partition coefficient (Wildman–Crippen LogP) is 3.50. The number of nitro groups is 1. The number of aromatic nitrogens is 3. The lowest BCUT2D eigenvalue weighted by Crippen LogP contribution is -2.13. The van der Waals surface area contributed by atoms with Crippen LogP contribution in [-0.2, 0) is 0 Å². The molecule has 4 rings (SSSR count). The van der Waals surface area contributed by atoms with Crippen LogP contribution < -0.4 is 16.2 Å². The zero-order valence-electron chi connectivity index (χ0n) is 15.9. The van der Waals surface area contributed by atoms with E-state index in [-0.39, 0.29) is 22.4 Å². The van der Waals surface area contributed by atoms with E-state index in [4.69, 9.17) is 0 Å². The monoisotopic (exact) mass is 438 g/mol. The van der Waals surface area contributed by atoms with Gasteiger partial charge < -0.3 is 15.6 Å². The Hall–Kier alpha value is -4.74. The van der Waals surface area contributed by atoms with E-state index in [0.29, 0.717) is 11.4 Å². The Bertz CT molecular complexity index is 1420. The highest BCUT2D eigenvalue weighted by Gasteiger charge is 2.16. The summed E-state index contributed by atoms with van der Waals surface area (Å²) in [5.41, 5.74) is -0.552. The smallest absolute Gasteiger partial charge is 0.334 e. The summed E-state index contributed by atoms with van der Waals surface area (Å²) in [6.45, 7) is 0. The van der Waals surface area contributed by atoms with Crippen LogP contribution in [0.2, 0.25) is 0 Å². The Balaban J connectivity index is 1.55. The topological polar surface area (TPSA) is 143 Å². The van der Waals surface area contributed by atoms with Crippen molar-refractivity contribution in [3.8, 4) is 0 Å². The number of halogens is 2. The summed E-state index contributed by atoms with van der Waals surface area (Å²) < 4.78 is 26.3. The van der Waals surface area contributed by atoms with Gasteiger partial charge in [0.2, 0.25) is 0 Å². The molecule has 0 spiro atoms. The van der Waals surface area contributed by atoms with Crippen LogP contribution in [0, 0.1) is 21.7 Å². The van der Waals surface area contributed by atoms with Gasteiger partial charge in [0.05, 0.1) is 10.3 Å². The van der Waals surface area contributed by atoms with Crippen LogP contribution in [0.4, 0.5) is 31.7 Å². The molecular weight excluding hydrogens is 426 g/mol. The molecule has 0 aliphatic carbocycles. The van der Waals surface area contributed by atoms with Gasteiger partial charge in [-0.3, -0.25) is 19.7 Å². The van der Waals surface area contributed by atoms with E-state index in [2.05, 4.69) is 25.6 Å². The molecule has 0 bridgehead atoms. The van der Waals surface area contributed by atoms with Gasteiger partial charge >= 0.3 is 11.2 Å². The van der Waals surface area contributed by atoms with Gasteiger partial charge in [0.25, 0.3) is 5.91 Å². The minimum Gasteiger partial charge on any atom is -0.340 e. The molecule has 4 aromatic rings. The molecule has 1 amide bonds. The van der Waals surface area contributed by atoms with E-state index in [9.17, 15) is 28.5 Å². The molecule has 0 atom stereocenters. The zero-order valence-corrected chi connectivity index (χ0v) is 15.9. The van der Waals surface area contributed by atoms with Crippen LogP contribution in [0.3, 0.4) is 0 Å². The summed E-state index contributed by atoms with van der Waals surface area (Å²) in [6, 6.07) is 10.2. The highest BCUT2D eigenvalue weighted by molar-refractivity contribution is 6.04. The van der Waals surface area contributed by atoms with Crippen molar-refractivity contribution in [2.45, 2.75) is 0 Å². The average Bonchev–Trinajstić information content (AvgIpc) is 2.76. The number of rotatable bonds is 5.